The number of furan rings is 1. The molecule has 0 spiro atoms. The summed E-state index contributed by atoms with van der Waals surface area (Å²) >= 11 is 0. The zero-order valence-corrected chi connectivity index (χ0v) is 16.7. The standard InChI is InChI=1S/C22H29N3O3/c1-3-4-13-24(2)19-9-7-17(8-10-19)21(26)23-18-11-14-25(15-12-18)22(27)20-6-5-16-28-20/h5-10,16,18H,3-4,11-15H2,1-2H3,(H,23,26). The van der Waals surface area contributed by atoms with Gasteiger partial charge in [0.05, 0.1) is 6.26 Å². The van der Waals surface area contributed by atoms with Crippen LogP contribution in [0.25, 0.3) is 0 Å². The summed E-state index contributed by atoms with van der Waals surface area (Å²) < 4.78 is 5.18. The summed E-state index contributed by atoms with van der Waals surface area (Å²) in [4.78, 5) is 28.8. The first-order chi connectivity index (χ1) is 13.6. The SMILES string of the molecule is CCCCN(C)c1ccc(C(=O)NC2CCN(C(=O)c3ccco3)CC2)cc1. The van der Waals surface area contributed by atoms with Crippen molar-refractivity contribution in [1.82, 2.24) is 10.2 Å². The molecule has 0 unspecified atom stereocenters. The van der Waals surface area contributed by atoms with Gasteiger partial charge >= 0.3 is 0 Å². The van der Waals surface area contributed by atoms with E-state index < -0.39 is 0 Å². The number of carbonyl (C=O) groups is 2. The van der Waals surface area contributed by atoms with Gasteiger partial charge < -0.3 is 19.5 Å². The summed E-state index contributed by atoms with van der Waals surface area (Å²) in [6, 6.07) is 11.2. The molecule has 1 aliphatic rings. The zero-order valence-electron chi connectivity index (χ0n) is 16.7. The average molecular weight is 383 g/mol. The highest BCUT2D eigenvalue weighted by molar-refractivity contribution is 5.95. The Morgan fingerprint density at radius 1 is 1.18 bits per heavy atom. The highest BCUT2D eigenvalue weighted by Gasteiger charge is 2.26. The fraction of sp³-hybridized carbons (Fsp3) is 0.455. The molecule has 3 rings (SSSR count). The minimum absolute atomic E-state index is 0.0569. The molecule has 6 heteroatoms. The third-order valence-electron chi connectivity index (χ3n) is 5.27. The van der Waals surface area contributed by atoms with Crippen LogP contribution in [0.4, 0.5) is 5.69 Å². The molecule has 1 aliphatic heterocycles. The normalized spacial score (nSPS) is 14.7. The van der Waals surface area contributed by atoms with Crippen molar-refractivity contribution in [2.75, 3.05) is 31.6 Å². The van der Waals surface area contributed by atoms with Gasteiger partial charge in [0.15, 0.2) is 5.76 Å². The lowest BCUT2D eigenvalue weighted by Gasteiger charge is -2.32. The highest BCUT2D eigenvalue weighted by Crippen LogP contribution is 2.17. The van der Waals surface area contributed by atoms with Crippen LogP contribution < -0.4 is 10.2 Å². The van der Waals surface area contributed by atoms with Crippen LogP contribution >= 0.6 is 0 Å². The van der Waals surface area contributed by atoms with Crippen LogP contribution in [0.2, 0.25) is 0 Å². The van der Waals surface area contributed by atoms with Crippen molar-refractivity contribution in [3.05, 3.63) is 54.0 Å². The van der Waals surface area contributed by atoms with Gasteiger partial charge in [-0.2, -0.15) is 0 Å². The number of rotatable bonds is 7. The predicted octanol–water partition coefficient (Wildman–Crippen LogP) is 3.55. The number of benzene rings is 1. The Labute approximate surface area is 166 Å². The minimum atomic E-state index is -0.0856. The summed E-state index contributed by atoms with van der Waals surface area (Å²) in [7, 11) is 2.07. The second-order valence-electron chi connectivity index (χ2n) is 7.34. The molecular formula is C22H29N3O3. The minimum Gasteiger partial charge on any atom is -0.459 e. The summed E-state index contributed by atoms with van der Waals surface area (Å²) in [5.74, 6) is 0.225. The maximum atomic E-state index is 12.5. The van der Waals surface area contributed by atoms with Crippen molar-refractivity contribution < 1.29 is 14.0 Å². The Balaban J connectivity index is 1.48. The van der Waals surface area contributed by atoms with E-state index in [0.29, 0.717) is 24.4 Å². The first kappa shape index (κ1) is 20.0. The van der Waals surface area contributed by atoms with Crippen molar-refractivity contribution in [2.45, 2.75) is 38.6 Å². The molecule has 1 aromatic heterocycles. The van der Waals surface area contributed by atoms with Crippen molar-refractivity contribution >= 4 is 17.5 Å². The fourth-order valence-corrected chi connectivity index (χ4v) is 3.44. The van der Waals surface area contributed by atoms with Gasteiger partial charge in [0.2, 0.25) is 0 Å². The van der Waals surface area contributed by atoms with Crippen LogP contribution in [0.15, 0.2) is 47.1 Å². The number of likely N-dealkylation sites (tertiary alicyclic amines) is 1. The summed E-state index contributed by atoms with van der Waals surface area (Å²) in [6.45, 7) is 4.42. The average Bonchev–Trinajstić information content (AvgIpc) is 3.27. The van der Waals surface area contributed by atoms with E-state index in [-0.39, 0.29) is 17.9 Å². The molecule has 0 atom stereocenters. The molecule has 1 fully saturated rings. The molecule has 0 aliphatic carbocycles. The quantitative estimate of drug-likeness (QED) is 0.794. The first-order valence-electron chi connectivity index (χ1n) is 10.0. The van der Waals surface area contributed by atoms with E-state index in [1.807, 2.05) is 24.3 Å². The van der Waals surface area contributed by atoms with Gasteiger partial charge in [-0.3, -0.25) is 9.59 Å². The molecule has 1 N–H and O–H groups in total. The number of amides is 2. The number of hydrogen-bond acceptors (Lipinski definition) is 4. The lowest BCUT2D eigenvalue weighted by atomic mass is 10.0. The molecular weight excluding hydrogens is 354 g/mol. The lowest BCUT2D eigenvalue weighted by molar-refractivity contribution is 0.0667. The van der Waals surface area contributed by atoms with Crippen LogP contribution in [-0.4, -0.2) is 49.4 Å². The van der Waals surface area contributed by atoms with Crippen LogP contribution in [0.5, 0.6) is 0 Å². The first-order valence-corrected chi connectivity index (χ1v) is 10.0. The van der Waals surface area contributed by atoms with Crippen LogP contribution in [0.1, 0.15) is 53.5 Å². The molecule has 0 bridgehead atoms. The van der Waals surface area contributed by atoms with Gasteiger partial charge in [0.25, 0.3) is 11.8 Å². The number of carbonyl (C=O) groups excluding carboxylic acids is 2. The molecule has 28 heavy (non-hydrogen) atoms. The largest absolute Gasteiger partial charge is 0.459 e. The maximum absolute atomic E-state index is 12.5. The van der Waals surface area contributed by atoms with E-state index in [1.165, 1.54) is 6.26 Å². The van der Waals surface area contributed by atoms with E-state index in [4.69, 9.17) is 4.42 Å². The molecule has 0 saturated carbocycles. The third-order valence-corrected chi connectivity index (χ3v) is 5.27. The molecule has 2 heterocycles. The van der Waals surface area contributed by atoms with Crippen molar-refractivity contribution in [3.8, 4) is 0 Å². The van der Waals surface area contributed by atoms with Crippen LogP contribution in [0.3, 0.4) is 0 Å². The second-order valence-corrected chi connectivity index (χ2v) is 7.34. The number of unbranched alkanes of at least 4 members (excludes halogenated alkanes) is 1. The lowest BCUT2D eigenvalue weighted by Crippen LogP contribution is -2.46. The Morgan fingerprint density at radius 2 is 1.89 bits per heavy atom. The molecule has 1 aromatic carbocycles. The zero-order chi connectivity index (χ0) is 19.9. The number of anilines is 1. The Bertz CT molecular complexity index is 763. The third kappa shape index (κ3) is 4.94. The van der Waals surface area contributed by atoms with E-state index in [0.717, 1.165) is 37.9 Å². The number of piperidine rings is 1. The molecule has 0 radical (unpaired) electrons. The predicted molar refractivity (Wildman–Crippen MR) is 110 cm³/mol. The monoisotopic (exact) mass is 383 g/mol. The topological polar surface area (TPSA) is 65.8 Å². The van der Waals surface area contributed by atoms with Gasteiger partial charge in [-0.25, -0.2) is 0 Å². The molecule has 150 valence electrons. The van der Waals surface area contributed by atoms with Crippen molar-refractivity contribution in [2.24, 2.45) is 0 Å². The van der Waals surface area contributed by atoms with Gasteiger partial charge in [0, 0.05) is 44.0 Å². The van der Waals surface area contributed by atoms with Crippen LogP contribution in [-0.2, 0) is 0 Å². The van der Waals surface area contributed by atoms with E-state index >= 15 is 0 Å². The Morgan fingerprint density at radius 3 is 2.50 bits per heavy atom. The molecule has 2 aromatic rings. The number of nitrogens with one attached hydrogen (secondary N) is 1. The van der Waals surface area contributed by atoms with Gasteiger partial charge in [0.1, 0.15) is 0 Å². The van der Waals surface area contributed by atoms with Gasteiger partial charge in [-0.15, -0.1) is 0 Å². The van der Waals surface area contributed by atoms with Crippen molar-refractivity contribution in [3.63, 3.8) is 0 Å². The van der Waals surface area contributed by atoms with E-state index in [9.17, 15) is 9.59 Å². The molecule has 6 nitrogen and oxygen atoms in total. The van der Waals surface area contributed by atoms with Crippen molar-refractivity contribution in [1.29, 1.82) is 0 Å². The summed E-state index contributed by atoms with van der Waals surface area (Å²) in [6.07, 6.45) is 5.32. The Kier molecular flexibility index (Phi) is 6.74. The second kappa shape index (κ2) is 9.44. The van der Waals surface area contributed by atoms with Gasteiger partial charge in [-0.1, -0.05) is 13.3 Å². The Hall–Kier alpha value is -2.76. The fourth-order valence-electron chi connectivity index (χ4n) is 3.44. The van der Waals surface area contributed by atoms with E-state index in [2.05, 4.69) is 24.2 Å². The smallest absolute Gasteiger partial charge is 0.289 e. The molecule has 1 saturated heterocycles. The van der Waals surface area contributed by atoms with Gasteiger partial charge in [-0.05, 0) is 55.7 Å². The highest BCUT2D eigenvalue weighted by atomic mass is 16.3. The number of hydrogen-bond donors (Lipinski definition) is 1. The summed E-state index contributed by atoms with van der Waals surface area (Å²) in [5, 5.41) is 3.10. The number of nitrogens with zero attached hydrogens (tertiary/aromatic N) is 2. The maximum Gasteiger partial charge on any atom is 0.289 e. The van der Waals surface area contributed by atoms with Crippen LogP contribution in [0, 0.1) is 0 Å². The summed E-state index contributed by atoms with van der Waals surface area (Å²) in [5.41, 5.74) is 1.79. The van der Waals surface area contributed by atoms with E-state index in [1.54, 1.807) is 17.0 Å². The molecule has 2 amide bonds.